The number of amides is 4. The van der Waals surface area contributed by atoms with Gasteiger partial charge in [-0.25, -0.2) is 18.7 Å². The standard InChI is InChI=1S/2C28H32FN3O5.2H2O4S.H2O/c2*1-28(2)8-6-16-13-18(14-20(29)24(16)28)30-26(35)25-19-4-5-22(37-3)31-21(19)7-9-32(25)27(36)17-10-15(11-17)12-23(33)34;2*1-5(2,3)4;/h2*4-5,13-15,17,25H,6-12H2,1-3H3,(H,30,35)(H,33,34);2*(H2,1,2,3,4);1H2/t2*15?,17?,25-;;;/m11.../s1. The third-order valence-electron chi connectivity index (χ3n) is 16.2. The Morgan fingerprint density at radius 2 is 0.918 bits per heavy atom. The van der Waals surface area contributed by atoms with Crippen LogP contribution in [-0.4, -0.2) is 133 Å². The second-order valence-corrected chi connectivity index (χ2v) is 24.8. The van der Waals surface area contributed by atoms with Gasteiger partial charge in [-0.15, -0.1) is 0 Å². The molecule has 4 aromatic rings. The Bertz CT molecular complexity index is 3220. The number of benzene rings is 2. The molecule has 0 saturated heterocycles. The average molecular weight is 1230 g/mol. The summed E-state index contributed by atoms with van der Waals surface area (Å²) >= 11 is 0. The molecule has 2 fully saturated rings. The number of nitrogens with zero attached hydrogens (tertiary/aromatic N) is 4. The highest BCUT2D eigenvalue weighted by Crippen LogP contribution is 2.45. The lowest BCUT2D eigenvalue weighted by Crippen LogP contribution is -2.50. The minimum atomic E-state index is -4.67. The van der Waals surface area contributed by atoms with Crippen LogP contribution < -0.4 is 20.1 Å². The quantitative estimate of drug-likeness (QED) is 0.0764. The molecule has 0 spiro atoms. The van der Waals surface area contributed by atoms with Crippen LogP contribution in [0.4, 0.5) is 20.2 Å². The number of carboxylic acid groups (broad SMARTS) is 2. The van der Waals surface area contributed by atoms with E-state index in [0.717, 1.165) is 36.8 Å². The van der Waals surface area contributed by atoms with Gasteiger partial charge in [-0.2, -0.15) is 16.8 Å². The second-order valence-electron chi connectivity index (χ2n) is 23.0. The summed E-state index contributed by atoms with van der Waals surface area (Å²) in [5, 5.41) is 23.8. The minimum Gasteiger partial charge on any atom is -0.481 e. The number of ether oxygens (including phenoxy) is 2. The van der Waals surface area contributed by atoms with Crippen molar-refractivity contribution in [1.29, 1.82) is 0 Å². The molecule has 6 aliphatic rings. The number of halogens is 2. The average Bonchev–Trinajstić information content (AvgIpc) is 2.62. The van der Waals surface area contributed by atoms with Gasteiger partial charge in [0.1, 0.15) is 23.7 Å². The number of aromatic nitrogens is 2. The van der Waals surface area contributed by atoms with Crippen LogP contribution in [0.2, 0.25) is 0 Å². The maximum absolute atomic E-state index is 15.1. The van der Waals surface area contributed by atoms with Crippen LogP contribution in [0.3, 0.4) is 0 Å². The second kappa shape index (κ2) is 26.5. The Morgan fingerprint density at radius 3 is 1.22 bits per heavy atom. The molecule has 464 valence electrons. The molecule has 2 atom stereocenters. The first-order valence-corrected chi connectivity index (χ1v) is 29.7. The first-order chi connectivity index (χ1) is 39.1. The third-order valence-corrected chi connectivity index (χ3v) is 16.2. The molecule has 4 heterocycles. The lowest BCUT2D eigenvalue weighted by Gasteiger charge is -2.42. The van der Waals surface area contributed by atoms with Crippen molar-refractivity contribution in [2.45, 2.75) is 128 Å². The van der Waals surface area contributed by atoms with Gasteiger partial charge in [0.05, 0.1) is 25.6 Å². The van der Waals surface area contributed by atoms with Crippen LogP contribution in [0, 0.1) is 35.3 Å². The van der Waals surface area contributed by atoms with Crippen LogP contribution >= 0.6 is 0 Å². The van der Waals surface area contributed by atoms with Crippen LogP contribution in [0.1, 0.15) is 136 Å². The summed E-state index contributed by atoms with van der Waals surface area (Å²) in [6, 6.07) is 11.3. The number of fused-ring (bicyclic) bond motifs is 4. The fourth-order valence-electron chi connectivity index (χ4n) is 12.3. The molecular weight excluding hydrogens is 1160 g/mol. The lowest BCUT2D eigenvalue weighted by atomic mass is 9.72. The van der Waals surface area contributed by atoms with Gasteiger partial charge in [-0.05, 0) is 133 Å². The molecule has 2 saturated carbocycles. The molecule has 0 radical (unpaired) electrons. The number of rotatable bonds is 12. The lowest BCUT2D eigenvalue weighted by molar-refractivity contribution is -0.149. The summed E-state index contributed by atoms with van der Waals surface area (Å²) in [4.78, 5) is 88.6. The van der Waals surface area contributed by atoms with Crippen molar-refractivity contribution >= 4 is 67.7 Å². The predicted octanol–water partition coefficient (Wildman–Crippen LogP) is 5.91. The fourth-order valence-corrected chi connectivity index (χ4v) is 12.3. The van der Waals surface area contributed by atoms with Crippen molar-refractivity contribution in [2.75, 3.05) is 37.9 Å². The summed E-state index contributed by atoms with van der Waals surface area (Å²) in [6.07, 6.45) is 6.16. The fraction of sp³-hybridized carbons (Fsp3) is 0.500. The summed E-state index contributed by atoms with van der Waals surface area (Å²) in [5.41, 5.74) is 6.00. The molecular formula is C56H70F2N6O19S2. The molecule has 2 aromatic heterocycles. The molecule has 10 rings (SSSR count). The monoisotopic (exact) mass is 1230 g/mol. The minimum absolute atomic E-state index is 0. The molecule has 29 heteroatoms. The Balaban J connectivity index is 0.000000232. The van der Waals surface area contributed by atoms with Crippen molar-refractivity contribution in [3.63, 3.8) is 0 Å². The van der Waals surface area contributed by atoms with Gasteiger partial charge in [-0.3, -0.25) is 47.0 Å². The highest BCUT2D eigenvalue weighted by molar-refractivity contribution is 7.80. The number of aryl methyl sites for hydroxylation is 2. The summed E-state index contributed by atoms with van der Waals surface area (Å²) in [5.74, 6) is -3.42. The van der Waals surface area contributed by atoms with E-state index in [1.807, 2.05) is 39.8 Å². The first-order valence-electron chi connectivity index (χ1n) is 26.9. The number of methoxy groups -OCH3 is 2. The molecule has 10 N–H and O–H groups in total. The normalized spacial score (nSPS) is 21.8. The van der Waals surface area contributed by atoms with E-state index in [-0.39, 0.29) is 76.3 Å². The third kappa shape index (κ3) is 16.6. The summed E-state index contributed by atoms with van der Waals surface area (Å²) < 4.78 is 104. The molecule has 2 aromatic carbocycles. The number of pyridine rings is 2. The Hall–Kier alpha value is -7.28. The molecule has 25 nitrogen and oxygen atoms in total. The summed E-state index contributed by atoms with van der Waals surface area (Å²) in [7, 11) is -6.29. The van der Waals surface area contributed by atoms with Crippen molar-refractivity contribution in [3.05, 3.63) is 105 Å². The van der Waals surface area contributed by atoms with Gasteiger partial charge >= 0.3 is 32.7 Å². The molecule has 2 aliphatic heterocycles. The van der Waals surface area contributed by atoms with E-state index < -0.39 is 56.6 Å². The zero-order chi connectivity index (χ0) is 62.0. The maximum Gasteiger partial charge on any atom is 0.394 e. The van der Waals surface area contributed by atoms with E-state index in [0.29, 0.717) is 108 Å². The van der Waals surface area contributed by atoms with Gasteiger partial charge in [0.2, 0.25) is 23.6 Å². The van der Waals surface area contributed by atoms with Crippen molar-refractivity contribution in [3.8, 4) is 11.8 Å². The van der Waals surface area contributed by atoms with Gasteiger partial charge in [-0.1, -0.05) is 27.7 Å². The van der Waals surface area contributed by atoms with Crippen molar-refractivity contribution in [1.82, 2.24) is 19.8 Å². The smallest absolute Gasteiger partial charge is 0.394 e. The number of nitrogens with one attached hydrogen (secondary N) is 2. The van der Waals surface area contributed by atoms with Gasteiger partial charge < -0.3 is 45.6 Å². The Morgan fingerprint density at radius 1 is 0.588 bits per heavy atom. The number of hydrogen-bond acceptors (Lipinski definition) is 14. The molecule has 4 aliphatic carbocycles. The van der Waals surface area contributed by atoms with Gasteiger partial charge in [0.15, 0.2) is 0 Å². The van der Waals surface area contributed by atoms with E-state index in [4.69, 9.17) is 54.7 Å². The number of carboxylic acids is 2. The highest BCUT2D eigenvalue weighted by atomic mass is 32.3. The van der Waals surface area contributed by atoms with E-state index in [2.05, 4.69) is 20.6 Å². The number of anilines is 2. The number of aliphatic carboxylic acids is 2. The van der Waals surface area contributed by atoms with E-state index in [1.165, 1.54) is 26.4 Å². The largest absolute Gasteiger partial charge is 0.481 e. The topological polar surface area (TPSA) is 398 Å². The van der Waals surface area contributed by atoms with Crippen LogP contribution in [0.15, 0.2) is 48.5 Å². The molecule has 0 unspecified atom stereocenters. The van der Waals surface area contributed by atoms with E-state index >= 15 is 8.78 Å². The van der Waals surface area contributed by atoms with Crippen molar-refractivity contribution < 1.29 is 97.8 Å². The maximum atomic E-state index is 15.1. The van der Waals surface area contributed by atoms with Crippen LogP contribution in [0.25, 0.3) is 0 Å². The zero-order valence-corrected chi connectivity index (χ0v) is 49.1. The van der Waals surface area contributed by atoms with Crippen molar-refractivity contribution in [2.24, 2.45) is 23.7 Å². The van der Waals surface area contributed by atoms with E-state index in [1.54, 1.807) is 34.1 Å². The first kappa shape index (κ1) is 66.9. The predicted molar refractivity (Wildman–Crippen MR) is 300 cm³/mol. The molecule has 85 heavy (non-hydrogen) atoms. The number of carbonyl (C=O) groups is 6. The summed E-state index contributed by atoms with van der Waals surface area (Å²) in [6.45, 7) is 8.68. The van der Waals surface area contributed by atoms with Gasteiger partial charge in [0, 0.05) is 85.2 Å². The zero-order valence-electron chi connectivity index (χ0n) is 47.4. The SMILES string of the molecule is COc1ccc2c(n1)CCN(C(=O)C1CC(CC(=O)O)C1)[C@H]2C(=O)Nc1cc(F)c2c(c1)CCC2(C)C.COc1ccc2c(n1)CCN(C(=O)C1CC(CC(=O)O)C1)[C@H]2C(=O)Nc1cc(F)c2c(c1)CCC2(C)C.O.O=S(=O)(O)O.O=S(=O)(O)O. The van der Waals surface area contributed by atoms with Crippen LogP contribution in [0.5, 0.6) is 11.8 Å². The Kier molecular flexibility index (Phi) is 20.9. The number of hydrogen-bond donors (Lipinski definition) is 8. The highest BCUT2D eigenvalue weighted by Gasteiger charge is 2.46. The van der Waals surface area contributed by atoms with E-state index in [9.17, 15) is 28.8 Å². The van der Waals surface area contributed by atoms with Gasteiger partial charge in [0.25, 0.3) is 11.8 Å². The van der Waals surface area contributed by atoms with Crippen LogP contribution in [-0.2, 0) is 86.1 Å². The number of carbonyl (C=O) groups excluding carboxylic acids is 4. The Labute approximate surface area is 489 Å². The molecule has 4 amide bonds. The molecule has 0 bridgehead atoms.